The molecule has 23 heavy (non-hydrogen) atoms. The molecular weight excluding hydrogens is 292 g/mol. The fourth-order valence-corrected chi connectivity index (χ4v) is 2.72. The highest BCUT2D eigenvalue weighted by Gasteiger charge is 2.33. The van der Waals surface area contributed by atoms with Crippen molar-refractivity contribution in [3.05, 3.63) is 46.4 Å². The van der Waals surface area contributed by atoms with Gasteiger partial charge in [0.05, 0.1) is 16.6 Å². The first-order valence-corrected chi connectivity index (χ1v) is 7.30. The number of aromatic hydroxyl groups is 1. The normalized spacial score (nSPS) is 18.3. The summed E-state index contributed by atoms with van der Waals surface area (Å²) in [5.74, 6) is 1.28. The van der Waals surface area contributed by atoms with Gasteiger partial charge in [-0.05, 0) is 38.1 Å². The summed E-state index contributed by atoms with van der Waals surface area (Å²) < 4.78 is 0. The Kier molecular flexibility index (Phi) is 2.77. The number of hydrogen-bond acceptors (Lipinski definition) is 6. The van der Waals surface area contributed by atoms with Crippen molar-refractivity contribution in [3.8, 4) is 5.75 Å². The van der Waals surface area contributed by atoms with Gasteiger partial charge in [-0.25, -0.2) is 20.0 Å². The number of fused-ring (bicyclic) bond motifs is 2. The number of nitrogens with zero attached hydrogens (tertiary/aromatic N) is 5. The molecule has 115 valence electrons. The Morgan fingerprint density at radius 3 is 2.83 bits per heavy atom. The van der Waals surface area contributed by atoms with E-state index in [2.05, 4.69) is 20.4 Å². The molecule has 0 spiro atoms. The molecule has 0 saturated heterocycles. The van der Waals surface area contributed by atoms with Gasteiger partial charge >= 0.3 is 0 Å². The lowest BCUT2D eigenvalue weighted by molar-refractivity contribution is 0.474. The number of rotatable bonds is 1. The minimum absolute atomic E-state index is 0.133. The van der Waals surface area contributed by atoms with E-state index in [1.54, 1.807) is 18.2 Å². The van der Waals surface area contributed by atoms with Gasteiger partial charge in [0.2, 0.25) is 0 Å². The first-order valence-electron chi connectivity index (χ1n) is 7.30. The number of nitrogens with two attached hydrogens (primary N) is 1. The fraction of sp³-hybridized carbons (Fsp3) is 0.188. The van der Waals surface area contributed by atoms with Crippen molar-refractivity contribution in [2.45, 2.75) is 19.9 Å². The van der Waals surface area contributed by atoms with Gasteiger partial charge in [0, 0.05) is 11.3 Å². The summed E-state index contributed by atoms with van der Waals surface area (Å²) in [5, 5.41) is 13.1. The highest BCUT2D eigenvalue weighted by Crippen LogP contribution is 2.38. The van der Waals surface area contributed by atoms with Crippen LogP contribution in [-0.2, 0) is 0 Å². The Morgan fingerprint density at radius 2 is 2.04 bits per heavy atom. The standard InChI is InChI=1S/C16H15N6O/c1-8(2)22-16-13(15(17)18-7-19-16)14(21-22)12-6-9-5-10(23)3-4-11(9)20-12/h3-8,23H,1-2H3,(H2,17,18,19). The van der Waals surface area contributed by atoms with Crippen molar-refractivity contribution in [1.29, 1.82) is 0 Å². The zero-order valence-corrected chi connectivity index (χ0v) is 12.7. The molecule has 0 fully saturated rings. The molecule has 2 aliphatic heterocycles. The zero-order valence-electron chi connectivity index (χ0n) is 12.7. The second-order valence-electron chi connectivity index (χ2n) is 5.73. The Balaban J connectivity index is 1.95. The van der Waals surface area contributed by atoms with E-state index in [0.717, 1.165) is 10.6 Å². The minimum atomic E-state index is 0.133. The topological polar surface area (TPSA) is 102 Å². The van der Waals surface area contributed by atoms with Gasteiger partial charge in [0.1, 0.15) is 23.6 Å². The maximum Gasteiger partial charge on any atom is 0.164 e. The second kappa shape index (κ2) is 4.70. The van der Waals surface area contributed by atoms with Gasteiger partial charge < -0.3 is 10.8 Å². The van der Waals surface area contributed by atoms with Crippen molar-refractivity contribution in [1.82, 2.24) is 15.4 Å². The molecule has 7 nitrogen and oxygen atoms in total. The lowest BCUT2D eigenvalue weighted by Crippen LogP contribution is -2.33. The number of phenols is 1. The van der Waals surface area contributed by atoms with Crippen molar-refractivity contribution >= 4 is 23.4 Å². The fourth-order valence-electron chi connectivity index (χ4n) is 2.72. The summed E-state index contributed by atoms with van der Waals surface area (Å²) in [7, 11) is 0. The molecule has 4 rings (SSSR count). The van der Waals surface area contributed by atoms with Crippen molar-refractivity contribution in [3.63, 3.8) is 0 Å². The molecule has 0 saturated carbocycles. The lowest BCUT2D eigenvalue weighted by Gasteiger charge is -2.19. The zero-order chi connectivity index (χ0) is 16.1. The molecule has 0 amide bonds. The van der Waals surface area contributed by atoms with Crippen LogP contribution in [0.2, 0.25) is 0 Å². The van der Waals surface area contributed by atoms with Gasteiger partial charge in [0.25, 0.3) is 0 Å². The SMILES string of the molecule is CC(C)N1[N]C(=C2C=c3cc(O)ccc3=N2)c2c(N)ncnc21. The number of aromatic nitrogens is 2. The van der Waals surface area contributed by atoms with E-state index in [-0.39, 0.29) is 11.8 Å². The van der Waals surface area contributed by atoms with Crippen LogP contribution in [0.3, 0.4) is 0 Å². The third-order valence-electron chi connectivity index (χ3n) is 3.79. The van der Waals surface area contributed by atoms with Crippen LogP contribution in [0.1, 0.15) is 19.4 Å². The molecule has 2 aromatic rings. The number of benzene rings is 1. The molecule has 7 heteroatoms. The van der Waals surface area contributed by atoms with E-state index in [4.69, 9.17) is 5.73 Å². The first kappa shape index (κ1) is 13.6. The molecular formula is C16H15N6O. The van der Waals surface area contributed by atoms with Crippen molar-refractivity contribution < 1.29 is 5.11 Å². The van der Waals surface area contributed by atoms with E-state index in [9.17, 15) is 5.11 Å². The minimum Gasteiger partial charge on any atom is -0.508 e. The number of phenolic OH excluding ortho intramolecular Hbond substituents is 1. The van der Waals surface area contributed by atoms with Crippen LogP contribution in [0.15, 0.2) is 35.2 Å². The highest BCUT2D eigenvalue weighted by molar-refractivity contribution is 5.90. The molecule has 0 atom stereocenters. The monoisotopic (exact) mass is 307 g/mol. The van der Waals surface area contributed by atoms with Gasteiger partial charge in [-0.2, -0.15) is 5.43 Å². The third kappa shape index (κ3) is 2.01. The Morgan fingerprint density at radius 1 is 1.22 bits per heavy atom. The third-order valence-corrected chi connectivity index (χ3v) is 3.79. The van der Waals surface area contributed by atoms with Crippen LogP contribution in [-0.4, -0.2) is 21.1 Å². The van der Waals surface area contributed by atoms with Crippen molar-refractivity contribution in [2.75, 3.05) is 10.7 Å². The molecule has 3 N–H and O–H groups in total. The predicted octanol–water partition coefficient (Wildman–Crippen LogP) is 0.295. The van der Waals surface area contributed by atoms with E-state index in [1.165, 1.54) is 6.33 Å². The average molecular weight is 307 g/mol. The number of anilines is 2. The number of allylic oxidation sites excluding steroid dienone is 1. The van der Waals surface area contributed by atoms with E-state index >= 15 is 0 Å². The largest absolute Gasteiger partial charge is 0.508 e. The molecule has 1 radical (unpaired) electrons. The highest BCUT2D eigenvalue weighted by atomic mass is 16.3. The van der Waals surface area contributed by atoms with E-state index < -0.39 is 0 Å². The van der Waals surface area contributed by atoms with Crippen LogP contribution in [0.4, 0.5) is 11.6 Å². The summed E-state index contributed by atoms with van der Waals surface area (Å²) in [6, 6.07) is 5.19. The van der Waals surface area contributed by atoms with Gasteiger partial charge in [0.15, 0.2) is 5.82 Å². The predicted molar refractivity (Wildman–Crippen MR) is 86.5 cm³/mol. The van der Waals surface area contributed by atoms with E-state index in [1.807, 2.05) is 24.9 Å². The van der Waals surface area contributed by atoms with Gasteiger partial charge in [-0.3, -0.25) is 0 Å². The maximum atomic E-state index is 9.62. The second-order valence-corrected chi connectivity index (χ2v) is 5.73. The molecule has 0 bridgehead atoms. The molecule has 0 unspecified atom stereocenters. The summed E-state index contributed by atoms with van der Waals surface area (Å²) >= 11 is 0. The average Bonchev–Trinajstić information content (AvgIpc) is 3.08. The van der Waals surface area contributed by atoms with Crippen LogP contribution in [0.5, 0.6) is 5.75 Å². The summed E-state index contributed by atoms with van der Waals surface area (Å²) in [4.78, 5) is 13.0. The van der Waals surface area contributed by atoms with Crippen LogP contribution < -0.4 is 26.7 Å². The van der Waals surface area contributed by atoms with Crippen LogP contribution in [0.25, 0.3) is 11.8 Å². The number of nitrogen functional groups attached to an aromatic ring is 1. The Hall–Kier alpha value is -3.09. The van der Waals surface area contributed by atoms with Gasteiger partial charge in [-0.1, -0.05) is 0 Å². The maximum absolute atomic E-state index is 9.62. The van der Waals surface area contributed by atoms with E-state index in [0.29, 0.717) is 28.6 Å². The summed E-state index contributed by atoms with van der Waals surface area (Å²) in [6.45, 7) is 4.06. The molecule has 1 aromatic heterocycles. The molecule has 1 aromatic carbocycles. The van der Waals surface area contributed by atoms with Gasteiger partial charge in [-0.15, -0.1) is 0 Å². The van der Waals surface area contributed by atoms with Crippen LogP contribution >= 0.6 is 0 Å². The quantitative estimate of drug-likeness (QED) is 0.788. The van der Waals surface area contributed by atoms with Crippen LogP contribution in [0, 0.1) is 0 Å². The molecule has 0 aliphatic carbocycles. The first-order chi connectivity index (χ1) is 11.0. The summed E-state index contributed by atoms with van der Waals surface area (Å²) in [5.41, 5.74) is 12.7. The smallest absolute Gasteiger partial charge is 0.164 e. The molecule has 3 heterocycles. The molecule has 2 aliphatic rings. The Bertz CT molecular complexity index is 963. The van der Waals surface area contributed by atoms with Crippen molar-refractivity contribution in [2.24, 2.45) is 4.99 Å². The summed E-state index contributed by atoms with van der Waals surface area (Å²) in [6.07, 6.45) is 3.32. The Labute approximate surface area is 132 Å². The number of hydrogen-bond donors (Lipinski definition) is 2. The lowest BCUT2D eigenvalue weighted by atomic mass is 10.1.